The van der Waals surface area contributed by atoms with Crippen molar-refractivity contribution in [1.82, 2.24) is 4.90 Å². The van der Waals surface area contributed by atoms with Crippen LogP contribution in [0.5, 0.6) is 5.75 Å². The fourth-order valence-corrected chi connectivity index (χ4v) is 9.97. The molecule has 0 radical (unpaired) electrons. The molecule has 3 amide bonds. The molecule has 0 atom stereocenters. The number of sulfonamides is 2. The van der Waals surface area contributed by atoms with Gasteiger partial charge in [-0.3, -0.25) is 23.0 Å². The van der Waals surface area contributed by atoms with E-state index in [0.29, 0.717) is 18.0 Å². The van der Waals surface area contributed by atoms with Crippen LogP contribution < -0.4 is 30.1 Å². The highest BCUT2D eigenvalue weighted by molar-refractivity contribution is 7.93. The van der Waals surface area contributed by atoms with E-state index in [0.717, 1.165) is 54.2 Å². The first-order chi connectivity index (χ1) is 26.2. The molecule has 15 nitrogen and oxygen atoms in total. The zero-order chi connectivity index (χ0) is 39.4. The summed E-state index contributed by atoms with van der Waals surface area (Å²) in [4.78, 5) is 39.4. The predicted molar refractivity (Wildman–Crippen MR) is 208 cm³/mol. The number of likely N-dealkylation sites (tertiary alicyclic amines) is 1. The smallest absolute Gasteiger partial charge is 0.264 e. The summed E-state index contributed by atoms with van der Waals surface area (Å²) in [6.45, 7) is 2.59. The second-order valence-corrected chi connectivity index (χ2v) is 17.5. The largest absolute Gasteiger partial charge is 0.497 e. The minimum Gasteiger partial charge on any atom is -0.497 e. The molecule has 292 valence electrons. The molecule has 2 aliphatic heterocycles. The second kappa shape index (κ2) is 16.2. The number of nitrogens with zero attached hydrogens (tertiary/aromatic N) is 3. The van der Waals surface area contributed by atoms with Gasteiger partial charge in [-0.1, -0.05) is 24.3 Å². The highest BCUT2D eigenvalue weighted by Crippen LogP contribution is 2.40. The van der Waals surface area contributed by atoms with E-state index in [2.05, 4.69) is 10.2 Å². The van der Waals surface area contributed by atoms with Crippen LogP contribution in [-0.4, -0.2) is 92.5 Å². The molecule has 2 aliphatic rings. The number of hydrogen-bond acceptors (Lipinski definition) is 10. The molecule has 4 aromatic carbocycles. The van der Waals surface area contributed by atoms with Crippen molar-refractivity contribution in [2.24, 2.45) is 16.9 Å². The Kier molecular flexibility index (Phi) is 11.7. The number of hydrogen-bond donors (Lipinski definition) is 3. The molecule has 2 heterocycles. The standard InChI is InChI=1S/C38H44N6O9S2/c1-52-28-8-12-30(13-9-28)55(50,51)44(25-36(40)46)34-15-14-33(31-4-2-3-5-32(31)34)43(24-35(39)45)54(48,49)29-10-6-27(7-11-29)41-37(47)16-20-42-21-17-38(18-22-42)19-23-53-26-38/h2-15H,16-26H2,1H3,(H2,39,45)(H2,40,46)(H,41,47). The summed E-state index contributed by atoms with van der Waals surface area (Å²) in [7, 11) is -7.41. The monoisotopic (exact) mass is 792 g/mol. The Hall–Kier alpha value is -5.23. The fraction of sp³-hybridized carbons (Fsp3) is 0.342. The average Bonchev–Trinajstić information content (AvgIpc) is 3.63. The minimum atomic E-state index is -4.46. The third-order valence-electron chi connectivity index (χ3n) is 10.1. The molecule has 0 bridgehead atoms. The lowest BCUT2D eigenvalue weighted by atomic mass is 9.78. The van der Waals surface area contributed by atoms with Gasteiger partial charge in [-0.15, -0.1) is 0 Å². The summed E-state index contributed by atoms with van der Waals surface area (Å²) < 4.78 is 68.8. The Morgan fingerprint density at radius 3 is 1.73 bits per heavy atom. The molecule has 1 spiro atoms. The summed E-state index contributed by atoms with van der Waals surface area (Å²) in [5.41, 5.74) is 11.8. The van der Waals surface area contributed by atoms with Crippen LogP contribution in [0.15, 0.2) is 94.7 Å². The summed E-state index contributed by atoms with van der Waals surface area (Å²) in [5, 5.41) is 3.32. The molecule has 0 aromatic heterocycles. The number of methoxy groups -OCH3 is 1. The van der Waals surface area contributed by atoms with E-state index >= 15 is 0 Å². The van der Waals surface area contributed by atoms with E-state index in [9.17, 15) is 31.2 Å². The van der Waals surface area contributed by atoms with Gasteiger partial charge in [0.15, 0.2) is 0 Å². The van der Waals surface area contributed by atoms with E-state index in [1.807, 2.05) is 0 Å². The number of anilines is 3. The quantitative estimate of drug-likeness (QED) is 0.160. The summed E-state index contributed by atoms with van der Waals surface area (Å²) in [6, 6.07) is 20.2. The molecule has 4 aromatic rings. The SMILES string of the molecule is COc1ccc(S(=O)(=O)N(CC(N)=O)c2ccc(N(CC(N)=O)S(=O)(=O)c3ccc(NC(=O)CCN4CCC5(CCOC5)CC4)cc3)c3ccccc23)cc1. The lowest BCUT2D eigenvalue weighted by Gasteiger charge is -2.38. The zero-order valence-corrected chi connectivity index (χ0v) is 32.0. The second-order valence-electron chi connectivity index (χ2n) is 13.7. The van der Waals surface area contributed by atoms with Crippen molar-refractivity contribution in [3.63, 3.8) is 0 Å². The normalized spacial score (nSPS) is 15.8. The first-order valence-corrected chi connectivity index (χ1v) is 20.6. The van der Waals surface area contributed by atoms with Crippen LogP contribution in [0.4, 0.5) is 17.1 Å². The molecule has 0 aliphatic carbocycles. The third kappa shape index (κ3) is 8.69. The van der Waals surface area contributed by atoms with Gasteiger partial charge in [0.2, 0.25) is 17.7 Å². The van der Waals surface area contributed by atoms with E-state index < -0.39 is 45.0 Å². The van der Waals surface area contributed by atoms with Gasteiger partial charge in [-0.2, -0.15) is 0 Å². The topological polar surface area (TPSA) is 212 Å². The van der Waals surface area contributed by atoms with E-state index in [-0.39, 0.29) is 49.7 Å². The number of amides is 3. The molecule has 0 unspecified atom stereocenters. The van der Waals surface area contributed by atoms with Gasteiger partial charge in [-0.25, -0.2) is 16.8 Å². The minimum absolute atomic E-state index is 0.0282. The van der Waals surface area contributed by atoms with Crippen molar-refractivity contribution >= 4 is 65.6 Å². The van der Waals surface area contributed by atoms with Crippen LogP contribution in [0.3, 0.4) is 0 Å². The number of carbonyl (C=O) groups excluding carboxylic acids is 3. The van der Waals surface area contributed by atoms with Crippen molar-refractivity contribution in [2.75, 3.05) is 67.0 Å². The fourth-order valence-electron chi connectivity index (χ4n) is 7.07. The van der Waals surface area contributed by atoms with Crippen LogP contribution in [-0.2, 0) is 39.2 Å². The van der Waals surface area contributed by atoms with Gasteiger partial charge in [0.1, 0.15) is 18.8 Å². The molecule has 0 saturated carbocycles. The van der Waals surface area contributed by atoms with Crippen LogP contribution >= 0.6 is 0 Å². The summed E-state index contributed by atoms with van der Waals surface area (Å²) >= 11 is 0. The van der Waals surface area contributed by atoms with Crippen LogP contribution in [0.1, 0.15) is 25.7 Å². The Morgan fingerprint density at radius 1 is 0.764 bits per heavy atom. The third-order valence-corrected chi connectivity index (χ3v) is 13.7. The Balaban J connectivity index is 1.24. The number of fused-ring (bicyclic) bond motifs is 1. The van der Waals surface area contributed by atoms with Crippen molar-refractivity contribution < 1.29 is 40.7 Å². The van der Waals surface area contributed by atoms with E-state index in [1.165, 1.54) is 67.8 Å². The van der Waals surface area contributed by atoms with Gasteiger partial charge in [0, 0.05) is 36.0 Å². The first-order valence-electron chi connectivity index (χ1n) is 17.7. The van der Waals surface area contributed by atoms with Gasteiger partial charge in [0.25, 0.3) is 20.0 Å². The van der Waals surface area contributed by atoms with Gasteiger partial charge in [-0.05, 0) is 98.4 Å². The molecule has 6 rings (SSSR count). The molecule has 2 fully saturated rings. The predicted octanol–water partition coefficient (Wildman–Crippen LogP) is 3.04. The van der Waals surface area contributed by atoms with Crippen LogP contribution in [0, 0.1) is 5.41 Å². The maximum absolute atomic E-state index is 14.2. The first kappa shape index (κ1) is 39.5. The number of carbonyl (C=O) groups is 3. The van der Waals surface area contributed by atoms with Crippen LogP contribution in [0.25, 0.3) is 10.8 Å². The van der Waals surface area contributed by atoms with Gasteiger partial charge >= 0.3 is 0 Å². The Bertz CT molecular complexity index is 2270. The molecular formula is C38H44N6O9S2. The van der Waals surface area contributed by atoms with Gasteiger partial charge in [0.05, 0.1) is 34.9 Å². The molecular weight excluding hydrogens is 749 g/mol. The van der Waals surface area contributed by atoms with Crippen LogP contribution in [0.2, 0.25) is 0 Å². The molecule has 5 N–H and O–H groups in total. The lowest BCUT2D eigenvalue weighted by Crippen LogP contribution is -2.41. The van der Waals surface area contributed by atoms with Crippen molar-refractivity contribution in [1.29, 1.82) is 0 Å². The van der Waals surface area contributed by atoms with Gasteiger partial charge < -0.3 is 31.2 Å². The molecule has 55 heavy (non-hydrogen) atoms. The zero-order valence-electron chi connectivity index (χ0n) is 30.3. The maximum atomic E-state index is 14.2. The molecule has 17 heteroatoms. The lowest BCUT2D eigenvalue weighted by molar-refractivity contribution is -0.117. The van der Waals surface area contributed by atoms with E-state index in [1.54, 1.807) is 24.3 Å². The number of piperidine rings is 1. The number of nitrogens with one attached hydrogen (secondary N) is 1. The van der Waals surface area contributed by atoms with Crippen molar-refractivity contribution in [3.8, 4) is 5.75 Å². The van der Waals surface area contributed by atoms with Crippen molar-refractivity contribution in [2.45, 2.75) is 35.5 Å². The maximum Gasteiger partial charge on any atom is 0.264 e. The van der Waals surface area contributed by atoms with Crippen molar-refractivity contribution in [3.05, 3.63) is 84.9 Å². The number of ether oxygens (including phenoxy) is 2. The Morgan fingerprint density at radius 2 is 1.27 bits per heavy atom. The summed E-state index contributed by atoms with van der Waals surface area (Å²) in [6.07, 6.45) is 3.47. The van der Waals surface area contributed by atoms with E-state index in [4.69, 9.17) is 20.9 Å². The number of nitrogens with two attached hydrogens (primary N) is 2. The average molecular weight is 793 g/mol. The number of benzene rings is 4. The molecule has 2 saturated heterocycles. The highest BCUT2D eigenvalue weighted by atomic mass is 32.2. The highest BCUT2D eigenvalue weighted by Gasteiger charge is 2.38. The Labute approximate surface area is 320 Å². The number of primary amides is 2. The summed E-state index contributed by atoms with van der Waals surface area (Å²) in [5.74, 6) is -1.67. The number of rotatable bonds is 15.